The van der Waals surface area contributed by atoms with E-state index in [-0.39, 0.29) is 11.7 Å². The molecule has 2 rings (SSSR count). The lowest BCUT2D eigenvalue weighted by atomic mass is 10.2. The van der Waals surface area contributed by atoms with Crippen LogP contribution >= 0.6 is 11.6 Å². The summed E-state index contributed by atoms with van der Waals surface area (Å²) in [6, 6.07) is 12.9. The summed E-state index contributed by atoms with van der Waals surface area (Å²) in [4.78, 5) is 5.13. The first-order chi connectivity index (χ1) is 9.15. The number of benzene rings is 2. The Labute approximate surface area is 115 Å². The van der Waals surface area contributed by atoms with Gasteiger partial charge < -0.3 is 10.6 Å². The molecular weight excluding hydrogens is 267 g/mol. The first kappa shape index (κ1) is 13.4. The highest BCUT2D eigenvalue weighted by Crippen LogP contribution is 2.10. The van der Waals surface area contributed by atoms with Gasteiger partial charge in [-0.3, -0.25) is 0 Å². The number of amidine groups is 1. The largest absolute Gasteiger partial charge is 0.389 e. The van der Waals surface area contributed by atoms with Crippen molar-refractivity contribution in [1.29, 1.82) is 0 Å². The number of nitrogens with zero attached hydrogens (tertiary/aromatic N) is 1. The maximum atomic E-state index is 12.7. The minimum absolute atomic E-state index is 0.203. The molecule has 0 aromatic heterocycles. The number of halogens is 2. The molecule has 0 amide bonds. The molecule has 0 fully saturated rings. The van der Waals surface area contributed by atoms with E-state index in [9.17, 15) is 4.39 Å². The zero-order valence-corrected chi connectivity index (χ0v) is 10.8. The number of hydrogen-bond acceptors (Lipinski definition) is 2. The van der Waals surface area contributed by atoms with Crippen LogP contribution in [0.1, 0.15) is 11.1 Å². The standard InChI is InChI=1S/C14H12ClFN2O/c15-12-5-1-10(2-6-12)9-19-18-14(17)11-3-7-13(16)8-4-11/h1-8H,9H2,(H2,17,18). The van der Waals surface area contributed by atoms with E-state index >= 15 is 0 Å². The van der Waals surface area contributed by atoms with Crippen LogP contribution in [-0.4, -0.2) is 5.84 Å². The molecular formula is C14H12ClFN2O. The van der Waals surface area contributed by atoms with E-state index in [0.717, 1.165) is 5.56 Å². The van der Waals surface area contributed by atoms with Gasteiger partial charge in [-0.05, 0) is 42.0 Å². The zero-order chi connectivity index (χ0) is 13.7. The van der Waals surface area contributed by atoms with Gasteiger partial charge in [0, 0.05) is 10.6 Å². The lowest BCUT2D eigenvalue weighted by Gasteiger charge is -2.03. The maximum Gasteiger partial charge on any atom is 0.170 e. The lowest BCUT2D eigenvalue weighted by molar-refractivity contribution is 0.130. The zero-order valence-electron chi connectivity index (χ0n) is 10.0. The van der Waals surface area contributed by atoms with Crippen LogP contribution in [0.3, 0.4) is 0 Å². The van der Waals surface area contributed by atoms with E-state index in [1.165, 1.54) is 12.1 Å². The Hall–Kier alpha value is -2.07. The van der Waals surface area contributed by atoms with Gasteiger partial charge in [-0.15, -0.1) is 0 Å². The van der Waals surface area contributed by atoms with Crippen molar-refractivity contribution in [3.8, 4) is 0 Å². The Morgan fingerprint density at radius 1 is 1.11 bits per heavy atom. The Morgan fingerprint density at radius 3 is 2.37 bits per heavy atom. The number of nitrogens with two attached hydrogens (primary N) is 1. The van der Waals surface area contributed by atoms with E-state index in [1.807, 2.05) is 12.1 Å². The molecule has 0 aliphatic rings. The van der Waals surface area contributed by atoms with Crippen LogP contribution in [0, 0.1) is 5.82 Å². The molecule has 0 radical (unpaired) electrons. The van der Waals surface area contributed by atoms with Gasteiger partial charge in [-0.25, -0.2) is 4.39 Å². The Kier molecular flexibility index (Phi) is 4.36. The summed E-state index contributed by atoms with van der Waals surface area (Å²) >= 11 is 5.77. The highest BCUT2D eigenvalue weighted by Gasteiger charge is 1.99. The highest BCUT2D eigenvalue weighted by molar-refractivity contribution is 6.30. The molecule has 0 saturated heterocycles. The molecule has 0 spiro atoms. The highest BCUT2D eigenvalue weighted by atomic mass is 35.5. The van der Waals surface area contributed by atoms with Crippen molar-refractivity contribution in [3.63, 3.8) is 0 Å². The number of rotatable bonds is 4. The monoisotopic (exact) mass is 278 g/mol. The predicted octanol–water partition coefficient (Wildman–Crippen LogP) is 3.32. The van der Waals surface area contributed by atoms with Crippen LogP contribution in [0.25, 0.3) is 0 Å². The van der Waals surface area contributed by atoms with Gasteiger partial charge >= 0.3 is 0 Å². The molecule has 98 valence electrons. The van der Waals surface area contributed by atoms with Crippen molar-refractivity contribution >= 4 is 17.4 Å². The van der Waals surface area contributed by atoms with Crippen LogP contribution in [0.15, 0.2) is 53.7 Å². The third-order valence-corrected chi connectivity index (χ3v) is 2.70. The summed E-state index contributed by atoms with van der Waals surface area (Å²) in [5.74, 6) is -0.118. The first-order valence-electron chi connectivity index (χ1n) is 5.61. The van der Waals surface area contributed by atoms with Gasteiger partial charge in [0.25, 0.3) is 0 Å². The molecule has 2 aromatic carbocycles. The lowest BCUT2D eigenvalue weighted by Crippen LogP contribution is -2.13. The number of oxime groups is 1. The molecule has 0 atom stereocenters. The number of hydrogen-bond donors (Lipinski definition) is 1. The second-order valence-corrected chi connectivity index (χ2v) is 4.32. The molecule has 0 heterocycles. The summed E-state index contributed by atoms with van der Waals surface area (Å²) in [6.45, 7) is 0.291. The van der Waals surface area contributed by atoms with E-state index in [2.05, 4.69) is 5.16 Å². The second kappa shape index (κ2) is 6.20. The van der Waals surface area contributed by atoms with E-state index in [1.54, 1.807) is 24.3 Å². The summed E-state index contributed by atoms with van der Waals surface area (Å²) in [7, 11) is 0. The molecule has 2 N–H and O–H groups in total. The van der Waals surface area contributed by atoms with Crippen LogP contribution in [0.4, 0.5) is 4.39 Å². The summed E-state index contributed by atoms with van der Waals surface area (Å²) in [6.07, 6.45) is 0. The third kappa shape index (κ3) is 3.96. The minimum Gasteiger partial charge on any atom is -0.389 e. The third-order valence-electron chi connectivity index (χ3n) is 2.45. The van der Waals surface area contributed by atoms with Crippen molar-refractivity contribution in [3.05, 3.63) is 70.5 Å². The van der Waals surface area contributed by atoms with Crippen molar-refractivity contribution < 1.29 is 9.23 Å². The average molecular weight is 279 g/mol. The first-order valence-corrected chi connectivity index (χ1v) is 5.99. The fraction of sp³-hybridized carbons (Fsp3) is 0.0714. The van der Waals surface area contributed by atoms with Crippen molar-refractivity contribution in [2.24, 2.45) is 10.9 Å². The molecule has 0 aliphatic carbocycles. The van der Waals surface area contributed by atoms with Gasteiger partial charge in [-0.2, -0.15) is 0 Å². The fourth-order valence-electron chi connectivity index (χ4n) is 1.43. The van der Waals surface area contributed by atoms with Crippen LogP contribution in [-0.2, 0) is 11.4 Å². The summed E-state index contributed by atoms with van der Waals surface area (Å²) < 4.78 is 12.7. The molecule has 5 heteroatoms. The maximum absolute atomic E-state index is 12.7. The summed E-state index contributed by atoms with van der Waals surface area (Å²) in [5.41, 5.74) is 7.25. The van der Waals surface area contributed by atoms with Gasteiger partial charge in [0.15, 0.2) is 5.84 Å². The normalized spacial score (nSPS) is 11.4. The molecule has 0 bridgehead atoms. The van der Waals surface area contributed by atoms with Gasteiger partial charge in [0.1, 0.15) is 12.4 Å². The predicted molar refractivity (Wildman–Crippen MR) is 73.4 cm³/mol. The van der Waals surface area contributed by atoms with Gasteiger partial charge in [-0.1, -0.05) is 28.9 Å². The van der Waals surface area contributed by atoms with E-state index in [4.69, 9.17) is 22.2 Å². The van der Waals surface area contributed by atoms with Crippen molar-refractivity contribution in [2.75, 3.05) is 0 Å². The molecule has 2 aromatic rings. The molecule has 0 saturated carbocycles. The van der Waals surface area contributed by atoms with Crippen LogP contribution in [0.5, 0.6) is 0 Å². The Balaban J connectivity index is 1.95. The van der Waals surface area contributed by atoms with Crippen molar-refractivity contribution in [1.82, 2.24) is 0 Å². The quantitative estimate of drug-likeness (QED) is 0.530. The molecule has 3 nitrogen and oxygen atoms in total. The Morgan fingerprint density at radius 2 is 1.74 bits per heavy atom. The van der Waals surface area contributed by atoms with E-state index in [0.29, 0.717) is 17.2 Å². The Bertz CT molecular complexity index is 567. The topological polar surface area (TPSA) is 47.6 Å². The average Bonchev–Trinajstić information content (AvgIpc) is 2.41. The van der Waals surface area contributed by atoms with E-state index < -0.39 is 0 Å². The smallest absolute Gasteiger partial charge is 0.170 e. The SMILES string of the molecule is N/C(=N\OCc1ccc(Cl)cc1)c1ccc(F)cc1. The van der Waals surface area contributed by atoms with Crippen LogP contribution in [0.2, 0.25) is 5.02 Å². The molecule has 0 aliphatic heterocycles. The summed E-state index contributed by atoms with van der Waals surface area (Å²) in [5, 5.41) is 4.45. The van der Waals surface area contributed by atoms with Gasteiger partial charge in [0.05, 0.1) is 0 Å². The molecule has 0 unspecified atom stereocenters. The molecule has 19 heavy (non-hydrogen) atoms. The minimum atomic E-state index is -0.321. The fourth-order valence-corrected chi connectivity index (χ4v) is 1.56. The van der Waals surface area contributed by atoms with Crippen molar-refractivity contribution in [2.45, 2.75) is 6.61 Å². The second-order valence-electron chi connectivity index (χ2n) is 3.88. The van der Waals surface area contributed by atoms with Crippen LogP contribution < -0.4 is 5.73 Å². The van der Waals surface area contributed by atoms with Gasteiger partial charge in [0.2, 0.25) is 0 Å².